The van der Waals surface area contributed by atoms with Gasteiger partial charge in [0.15, 0.2) is 0 Å². The highest BCUT2D eigenvalue weighted by Gasteiger charge is 2.47. The van der Waals surface area contributed by atoms with Crippen molar-refractivity contribution in [3.63, 3.8) is 0 Å². The van der Waals surface area contributed by atoms with E-state index in [1.165, 1.54) is 0 Å². The summed E-state index contributed by atoms with van der Waals surface area (Å²) in [6.07, 6.45) is -4.61. The van der Waals surface area contributed by atoms with Crippen LogP contribution in [0.15, 0.2) is 46.9 Å². The number of carboxylic acids is 1. The van der Waals surface area contributed by atoms with Crippen LogP contribution in [0, 0.1) is 12.3 Å². The molecule has 2 aliphatic heterocycles. The molecule has 37 heavy (non-hydrogen) atoms. The molecule has 0 radical (unpaired) electrons. The average molecular weight is 525 g/mol. The molecule has 2 aromatic rings. The van der Waals surface area contributed by atoms with E-state index in [0.717, 1.165) is 30.3 Å². The number of furan rings is 1. The van der Waals surface area contributed by atoms with Gasteiger partial charge in [-0.15, -0.1) is 0 Å². The molecule has 12 heteroatoms. The summed E-state index contributed by atoms with van der Waals surface area (Å²) in [7, 11) is 0. The zero-order valence-electron chi connectivity index (χ0n) is 20.8. The van der Waals surface area contributed by atoms with Crippen molar-refractivity contribution in [1.29, 1.82) is 0 Å². The number of benzene rings is 1. The van der Waals surface area contributed by atoms with Crippen molar-refractivity contribution in [2.24, 2.45) is 5.41 Å². The van der Waals surface area contributed by atoms with Gasteiger partial charge in [-0.25, -0.2) is 9.59 Å². The SMILES string of the molecule is CCN1CC2(CC1=O)CN(Cc1ccc(C)o1)CCN(C(=O)Nc1ccccc1)C2.O=C(O)C(F)(F)F. The van der Waals surface area contributed by atoms with Gasteiger partial charge in [0.25, 0.3) is 0 Å². The Morgan fingerprint density at radius 3 is 2.30 bits per heavy atom. The normalized spacial score (nSPS) is 20.4. The van der Waals surface area contributed by atoms with Crippen molar-refractivity contribution in [3.8, 4) is 0 Å². The summed E-state index contributed by atoms with van der Waals surface area (Å²) < 4.78 is 37.5. The Morgan fingerprint density at radius 2 is 1.76 bits per heavy atom. The molecule has 2 fully saturated rings. The number of nitrogens with zero attached hydrogens (tertiary/aromatic N) is 3. The van der Waals surface area contributed by atoms with Crippen LogP contribution in [-0.2, 0) is 16.1 Å². The van der Waals surface area contributed by atoms with Crippen molar-refractivity contribution in [3.05, 3.63) is 54.0 Å². The van der Waals surface area contributed by atoms with E-state index >= 15 is 0 Å². The lowest BCUT2D eigenvalue weighted by molar-refractivity contribution is -0.192. The number of carboxylic acid groups (broad SMARTS) is 1. The molecule has 0 saturated carbocycles. The van der Waals surface area contributed by atoms with E-state index in [9.17, 15) is 22.8 Å². The fraction of sp³-hybridized carbons (Fsp3) is 0.480. The molecule has 1 spiro atoms. The quantitative estimate of drug-likeness (QED) is 0.630. The standard InChI is InChI=1S/C23H30N4O3.C2HF3O2/c1-3-26-16-23(13-21(26)28)15-25(14-20-10-9-18(2)30-20)11-12-27(17-23)22(29)24-19-7-5-4-6-8-19;3-2(4,5)1(6)7/h4-10H,3,11-17H2,1-2H3,(H,24,29);(H,6,7). The number of hydrogen-bond donors (Lipinski definition) is 2. The molecule has 202 valence electrons. The van der Waals surface area contributed by atoms with E-state index in [4.69, 9.17) is 14.3 Å². The first-order valence-electron chi connectivity index (χ1n) is 11.9. The molecule has 9 nitrogen and oxygen atoms in total. The largest absolute Gasteiger partial charge is 0.490 e. The monoisotopic (exact) mass is 524 g/mol. The number of hydrogen-bond acceptors (Lipinski definition) is 5. The molecule has 3 heterocycles. The molecule has 1 atom stereocenters. The fourth-order valence-corrected chi connectivity index (χ4v) is 4.65. The number of urea groups is 1. The number of nitrogens with one attached hydrogen (secondary N) is 1. The van der Waals surface area contributed by atoms with Crippen molar-refractivity contribution in [2.45, 2.75) is 33.0 Å². The third-order valence-electron chi connectivity index (χ3n) is 6.29. The molecule has 0 aliphatic carbocycles. The Morgan fingerprint density at radius 1 is 1.08 bits per heavy atom. The Bertz CT molecular complexity index is 1090. The van der Waals surface area contributed by atoms with Gasteiger partial charge >= 0.3 is 18.2 Å². The number of likely N-dealkylation sites (tertiary alicyclic amines) is 1. The predicted octanol–water partition coefficient (Wildman–Crippen LogP) is 3.81. The third-order valence-corrected chi connectivity index (χ3v) is 6.29. The van der Waals surface area contributed by atoms with Crippen LogP contribution in [0.3, 0.4) is 0 Å². The lowest BCUT2D eigenvalue weighted by Crippen LogP contribution is -2.45. The van der Waals surface area contributed by atoms with Crippen LogP contribution in [-0.4, -0.2) is 83.2 Å². The smallest absolute Gasteiger partial charge is 0.475 e. The molecule has 4 rings (SSSR count). The van der Waals surface area contributed by atoms with Gasteiger partial charge in [0.05, 0.1) is 6.54 Å². The molecule has 1 aromatic heterocycles. The lowest BCUT2D eigenvalue weighted by Gasteiger charge is -2.33. The molecule has 3 amide bonds. The predicted molar refractivity (Wildman–Crippen MR) is 129 cm³/mol. The molecular formula is C25H31F3N4O5. The van der Waals surface area contributed by atoms with Crippen molar-refractivity contribution in [1.82, 2.24) is 14.7 Å². The summed E-state index contributed by atoms with van der Waals surface area (Å²) in [5, 5.41) is 10.1. The summed E-state index contributed by atoms with van der Waals surface area (Å²) in [6, 6.07) is 13.4. The van der Waals surface area contributed by atoms with Gasteiger partial charge in [-0.2, -0.15) is 13.2 Å². The Labute approximate surface area is 212 Å². The number of carbonyl (C=O) groups is 3. The van der Waals surface area contributed by atoms with Crippen LogP contribution in [0.2, 0.25) is 0 Å². The minimum absolute atomic E-state index is 0.112. The topological polar surface area (TPSA) is 106 Å². The first-order valence-corrected chi connectivity index (χ1v) is 11.9. The van der Waals surface area contributed by atoms with Crippen LogP contribution in [0.25, 0.3) is 0 Å². The Balaban J connectivity index is 0.000000479. The van der Waals surface area contributed by atoms with Crippen LogP contribution < -0.4 is 5.32 Å². The minimum Gasteiger partial charge on any atom is -0.475 e. The molecule has 2 N–H and O–H groups in total. The van der Waals surface area contributed by atoms with E-state index in [1.54, 1.807) is 0 Å². The summed E-state index contributed by atoms with van der Waals surface area (Å²) in [5.74, 6) is -0.766. The van der Waals surface area contributed by atoms with Gasteiger partial charge in [0.1, 0.15) is 11.5 Å². The van der Waals surface area contributed by atoms with Gasteiger partial charge in [0.2, 0.25) is 5.91 Å². The molecular weight excluding hydrogens is 493 g/mol. The summed E-state index contributed by atoms with van der Waals surface area (Å²) in [5.41, 5.74) is 0.514. The highest BCUT2D eigenvalue weighted by atomic mass is 19.4. The van der Waals surface area contributed by atoms with Gasteiger partial charge in [0, 0.05) is 56.8 Å². The number of carbonyl (C=O) groups excluding carboxylic acids is 2. The van der Waals surface area contributed by atoms with E-state index in [-0.39, 0.29) is 17.4 Å². The first kappa shape index (κ1) is 28.0. The van der Waals surface area contributed by atoms with E-state index in [2.05, 4.69) is 10.2 Å². The molecule has 2 saturated heterocycles. The van der Waals surface area contributed by atoms with Crippen LogP contribution in [0.5, 0.6) is 0 Å². The maximum absolute atomic E-state index is 13.0. The van der Waals surface area contributed by atoms with Gasteiger partial charge in [-0.05, 0) is 38.1 Å². The number of para-hydroxylation sites is 1. The third kappa shape index (κ3) is 7.72. The van der Waals surface area contributed by atoms with Crippen molar-refractivity contribution < 1.29 is 37.1 Å². The maximum atomic E-state index is 13.0. The highest BCUT2D eigenvalue weighted by Crippen LogP contribution is 2.35. The second-order valence-corrected chi connectivity index (χ2v) is 9.33. The van der Waals surface area contributed by atoms with Crippen LogP contribution in [0.4, 0.5) is 23.7 Å². The molecule has 1 unspecified atom stereocenters. The van der Waals surface area contributed by atoms with Crippen molar-refractivity contribution >= 4 is 23.6 Å². The van der Waals surface area contributed by atoms with E-state index in [0.29, 0.717) is 39.1 Å². The van der Waals surface area contributed by atoms with Gasteiger partial charge in [-0.1, -0.05) is 18.2 Å². The number of amides is 3. The number of rotatable bonds is 4. The molecule has 2 aliphatic rings. The van der Waals surface area contributed by atoms with Crippen LogP contribution >= 0.6 is 0 Å². The highest BCUT2D eigenvalue weighted by molar-refractivity contribution is 5.89. The molecule has 0 bridgehead atoms. The zero-order chi connectivity index (χ0) is 27.2. The van der Waals surface area contributed by atoms with Gasteiger partial charge < -0.3 is 24.6 Å². The second-order valence-electron chi connectivity index (χ2n) is 9.33. The second kappa shape index (κ2) is 11.7. The Hall–Kier alpha value is -3.54. The maximum Gasteiger partial charge on any atom is 0.490 e. The number of aryl methyl sites for hydroxylation is 1. The minimum atomic E-state index is -5.08. The number of aliphatic carboxylic acids is 1. The number of alkyl halides is 3. The summed E-state index contributed by atoms with van der Waals surface area (Å²) in [6.45, 7) is 8.72. The van der Waals surface area contributed by atoms with Crippen molar-refractivity contribution in [2.75, 3.05) is 44.6 Å². The van der Waals surface area contributed by atoms with E-state index < -0.39 is 12.1 Å². The fourth-order valence-electron chi connectivity index (χ4n) is 4.65. The summed E-state index contributed by atoms with van der Waals surface area (Å²) in [4.78, 5) is 40.6. The average Bonchev–Trinajstić information content (AvgIpc) is 3.32. The first-order chi connectivity index (χ1) is 17.4. The molecule has 1 aromatic carbocycles. The summed E-state index contributed by atoms with van der Waals surface area (Å²) >= 11 is 0. The van der Waals surface area contributed by atoms with Crippen LogP contribution in [0.1, 0.15) is 24.9 Å². The number of anilines is 1. The lowest BCUT2D eigenvalue weighted by atomic mass is 9.86. The van der Waals surface area contributed by atoms with E-state index in [1.807, 2.05) is 66.1 Å². The zero-order valence-corrected chi connectivity index (χ0v) is 20.8. The Kier molecular flexibility index (Phi) is 8.85. The van der Waals surface area contributed by atoms with Gasteiger partial charge in [-0.3, -0.25) is 9.69 Å². The number of halogens is 3.